The third kappa shape index (κ3) is 3.07. The molecule has 0 atom stereocenters. The molecule has 0 unspecified atom stereocenters. The average molecular weight is 375 g/mol. The van der Waals surface area contributed by atoms with Gasteiger partial charge in [0.2, 0.25) is 0 Å². The first-order valence-electron chi connectivity index (χ1n) is 6.29. The van der Waals surface area contributed by atoms with Crippen molar-refractivity contribution >= 4 is 29.2 Å². The molecule has 0 spiro atoms. The summed E-state index contributed by atoms with van der Waals surface area (Å²) in [7, 11) is 0. The normalized spacial score (nSPS) is 15.2. The molecule has 1 aliphatic heterocycles. The SMILES string of the molecule is O=C(O)c1c(C(F)(F)F)nc(C(F)(F)Cl)c(C(=O)O)c1N1CCC1. The number of aromatic carboxylic acids is 2. The Balaban J connectivity index is 3.00. The van der Waals surface area contributed by atoms with Gasteiger partial charge in [-0.2, -0.15) is 22.0 Å². The summed E-state index contributed by atoms with van der Waals surface area (Å²) in [6.45, 7) is 0.0182. The van der Waals surface area contributed by atoms with Crippen LogP contribution >= 0.6 is 11.6 Å². The van der Waals surface area contributed by atoms with Crippen molar-refractivity contribution in [3.05, 3.63) is 22.5 Å². The summed E-state index contributed by atoms with van der Waals surface area (Å²) in [5.41, 5.74) is -7.81. The molecule has 0 aliphatic carbocycles. The smallest absolute Gasteiger partial charge is 0.434 e. The van der Waals surface area contributed by atoms with Crippen LogP contribution in [0.2, 0.25) is 0 Å². The van der Waals surface area contributed by atoms with E-state index in [1.807, 2.05) is 0 Å². The van der Waals surface area contributed by atoms with E-state index in [1.165, 1.54) is 0 Å². The van der Waals surface area contributed by atoms with Crippen LogP contribution < -0.4 is 4.90 Å². The maximum Gasteiger partial charge on any atom is 0.434 e. The summed E-state index contributed by atoms with van der Waals surface area (Å²) in [5, 5.41) is 13.7. The van der Waals surface area contributed by atoms with Crippen LogP contribution in [0, 0.1) is 0 Å². The number of nitrogens with zero attached hydrogens (tertiary/aromatic N) is 2. The fourth-order valence-electron chi connectivity index (χ4n) is 2.24. The van der Waals surface area contributed by atoms with Gasteiger partial charge in [0.1, 0.15) is 16.8 Å². The second-order valence-electron chi connectivity index (χ2n) is 4.85. The van der Waals surface area contributed by atoms with Crippen molar-refractivity contribution in [2.45, 2.75) is 18.0 Å². The van der Waals surface area contributed by atoms with Crippen LogP contribution in [0.1, 0.15) is 38.5 Å². The number of pyridine rings is 1. The molecule has 1 saturated heterocycles. The fourth-order valence-corrected chi connectivity index (χ4v) is 2.38. The molecule has 6 nitrogen and oxygen atoms in total. The van der Waals surface area contributed by atoms with Crippen LogP contribution in [0.3, 0.4) is 0 Å². The molecular weight excluding hydrogens is 367 g/mol. The summed E-state index contributed by atoms with van der Waals surface area (Å²) in [5.74, 6) is -4.19. The molecule has 0 bridgehead atoms. The molecule has 2 heterocycles. The molecule has 24 heavy (non-hydrogen) atoms. The predicted octanol–water partition coefficient (Wildman–Crippen LogP) is 3.00. The maximum absolute atomic E-state index is 13.4. The standard InChI is InChI=1S/C12H8ClF5N2O4/c13-11(14,15)7-4(9(21)22)6(20-2-1-3-20)5(10(23)24)8(19-7)12(16,17)18/h1-3H2,(H,21,22)(H,23,24). The van der Waals surface area contributed by atoms with Crippen molar-refractivity contribution in [1.82, 2.24) is 4.98 Å². The zero-order chi connectivity index (χ0) is 18.4. The Hall–Kier alpha value is -2.17. The predicted molar refractivity (Wildman–Crippen MR) is 69.7 cm³/mol. The van der Waals surface area contributed by atoms with Crippen molar-refractivity contribution < 1.29 is 41.8 Å². The van der Waals surface area contributed by atoms with Crippen LogP contribution in [-0.2, 0) is 11.6 Å². The first kappa shape index (κ1) is 18.2. The number of carboxylic acids is 2. The Morgan fingerprint density at radius 3 is 1.75 bits per heavy atom. The van der Waals surface area contributed by atoms with Gasteiger partial charge < -0.3 is 15.1 Å². The van der Waals surface area contributed by atoms with Gasteiger partial charge in [-0.3, -0.25) is 0 Å². The van der Waals surface area contributed by atoms with Gasteiger partial charge in [0.15, 0.2) is 5.69 Å². The van der Waals surface area contributed by atoms with E-state index < -0.39 is 51.7 Å². The first-order valence-corrected chi connectivity index (χ1v) is 6.67. The van der Waals surface area contributed by atoms with Gasteiger partial charge in [0, 0.05) is 13.1 Å². The van der Waals surface area contributed by atoms with Crippen LogP contribution in [0.25, 0.3) is 0 Å². The number of hydrogen-bond donors (Lipinski definition) is 2. The minimum Gasteiger partial charge on any atom is -0.478 e. The Labute approximate surface area is 135 Å². The Kier molecular flexibility index (Phi) is 4.33. The molecule has 1 fully saturated rings. The zero-order valence-electron chi connectivity index (χ0n) is 11.5. The quantitative estimate of drug-likeness (QED) is 0.622. The number of rotatable bonds is 4. The van der Waals surface area contributed by atoms with E-state index in [0.717, 1.165) is 4.90 Å². The minimum absolute atomic E-state index is 0.00909. The number of halogens is 6. The summed E-state index contributed by atoms with van der Waals surface area (Å²) in [4.78, 5) is 26.1. The molecule has 2 N–H and O–H groups in total. The molecule has 1 aromatic rings. The molecular formula is C12H8ClF5N2O4. The van der Waals surface area contributed by atoms with E-state index >= 15 is 0 Å². The largest absolute Gasteiger partial charge is 0.478 e. The van der Waals surface area contributed by atoms with Gasteiger partial charge in [0.25, 0.3) is 0 Å². The van der Waals surface area contributed by atoms with Gasteiger partial charge in [-0.25, -0.2) is 14.6 Å². The molecule has 132 valence electrons. The van der Waals surface area contributed by atoms with Crippen LogP contribution in [0.4, 0.5) is 27.6 Å². The van der Waals surface area contributed by atoms with E-state index in [1.54, 1.807) is 0 Å². The van der Waals surface area contributed by atoms with Gasteiger partial charge in [-0.05, 0) is 18.0 Å². The van der Waals surface area contributed by atoms with E-state index in [2.05, 4.69) is 4.98 Å². The van der Waals surface area contributed by atoms with Crippen LogP contribution in [-0.4, -0.2) is 40.2 Å². The summed E-state index contributed by atoms with van der Waals surface area (Å²) in [6.07, 6.45) is -4.98. The number of carboxylic acid groups (broad SMARTS) is 2. The Morgan fingerprint density at radius 2 is 1.46 bits per heavy atom. The molecule has 1 aliphatic rings. The van der Waals surface area contributed by atoms with Crippen molar-refractivity contribution in [1.29, 1.82) is 0 Å². The first-order chi connectivity index (χ1) is 10.9. The number of carbonyl (C=O) groups is 2. The lowest BCUT2D eigenvalue weighted by atomic mass is 9.99. The van der Waals surface area contributed by atoms with Gasteiger partial charge in [-0.15, -0.1) is 0 Å². The molecule has 12 heteroatoms. The maximum atomic E-state index is 13.4. The van der Waals surface area contributed by atoms with Crippen molar-refractivity contribution in [2.24, 2.45) is 0 Å². The highest BCUT2D eigenvalue weighted by Gasteiger charge is 2.47. The third-order valence-electron chi connectivity index (χ3n) is 3.31. The fraction of sp³-hybridized carbons (Fsp3) is 0.417. The number of anilines is 1. The zero-order valence-corrected chi connectivity index (χ0v) is 12.3. The van der Waals surface area contributed by atoms with Gasteiger partial charge in [-0.1, -0.05) is 0 Å². The van der Waals surface area contributed by atoms with E-state index in [9.17, 15) is 31.5 Å². The topological polar surface area (TPSA) is 90.7 Å². The molecule has 0 saturated carbocycles. The van der Waals surface area contributed by atoms with E-state index in [-0.39, 0.29) is 13.1 Å². The molecule has 2 rings (SSSR count). The van der Waals surface area contributed by atoms with Crippen molar-refractivity contribution in [3.8, 4) is 0 Å². The lowest BCUT2D eigenvalue weighted by molar-refractivity contribution is -0.142. The highest BCUT2D eigenvalue weighted by atomic mass is 35.5. The molecule has 0 aromatic carbocycles. The van der Waals surface area contributed by atoms with Gasteiger partial charge in [0.05, 0.1) is 5.69 Å². The van der Waals surface area contributed by atoms with Crippen molar-refractivity contribution in [3.63, 3.8) is 0 Å². The van der Waals surface area contributed by atoms with Crippen molar-refractivity contribution in [2.75, 3.05) is 18.0 Å². The minimum atomic E-state index is -5.40. The second-order valence-corrected chi connectivity index (χ2v) is 5.33. The lowest BCUT2D eigenvalue weighted by Crippen LogP contribution is -2.41. The average Bonchev–Trinajstić information content (AvgIpc) is 2.32. The monoisotopic (exact) mass is 374 g/mol. The Bertz CT molecular complexity index is 663. The molecule has 1 aromatic heterocycles. The third-order valence-corrected chi connectivity index (χ3v) is 3.49. The number of alkyl halides is 6. The van der Waals surface area contributed by atoms with E-state index in [4.69, 9.17) is 21.8 Å². The van der Waals surface area contributed by atoms with E-state index in [0.29, 0.717) is 6.42 Å². The van der Waals surface area contributed by atoms with Crippen LogP contribution in [0.15, 0.2) is 0 Å². The summed E-state index contributed by atoms with van der Waals surface area (Å²) >= 11 is 4.71. The second kappa shape index (κ2) is 5.72. The molecule has 0 radical (unpaired) electrons. The summed E-state index contributed by atoms with van der Waals surface area (Å²) in [6, 6.07) is 0. The number of hydrogen-bond acceptors (Lipinski definition) is 4. The number of aromatic nitrogens is 1. The highest BCUT2D eigenvalue weighted by Crippen LogP contribution is 2.44. The van der Waals surface area contributed by atoms with Gasteiger partial charge >= 0.3 is 23.5 Å². The lowest BCUT2D eigenvalue weighted by Gasteiger charge is -2.36. The Morgan fingerprint density at radius 1 is 1.00 bits per heavy atom. The van der Waals surface area contributed by atoms with Crippen LogP contribution in [0.5, 0.6) is 0 Å². The summed E-state index contributed by atoms with van der Waals surface area (Å²) < 4.78 is 66.2. The molecule has 0 amide bonds. The highest BCUT2D eigenvalue weighted by molar-refractivity contribution is 6.22.